The second kappa shape index (κ2) is 4.60. The zero-order valence-electron chi connectivity index (χ0n) is 6.34. The molecule has 1 atom stereocenters. The number of nitrogens with zero attached hydrogens (tertiary/aromatic N) is 1. The number of hydrogen-bond donors (Lipinski definition) is 0. The Morgan fingerprint density at radius 3 is 2.70 bits per heavy atom. The minimum absolute atomic E-state index is 0. The molecule has 0 bridgehead atoms. The summed E-state index contributed by atoms with van der Waals surface area (Å²) in [5, 5.41) is 0. The minimum atomic E-state index is 0. The summed E-state index contributed by atoms with van der Waals surface area (Å²) in [4.78, 5) is 2.30. The molecule has 1 nitrogen and oxygen atoms in total. The highest BCUT2D eigenvalue weighted by Gasteiger charge is 2.13. The Morgan fingerprint density at radius 1 is 1.60 bits per heavy atom. The lowest BCUT2D eigenvalue weighted by molar-refractivity contribution is 0.242. The number of rotatable bonds is 0. The summed E-state index contributed by atoms with van der Waals surface area (Å²) in [5.74, 6) is 3.31. The van der Waals surface area contributed by atoms with Gasteiger partial charge in [0.15, 0.2) is 0 Å². The van der Waals surface area contributed by atoms with Crippen molar-refractivity contribution in [3.05, 3.63) is 0 Å². The van der Waals surface area contributed by atoms with Crippen LogP contribution in [0.15, 0.2) is 0 Å². The van der Waals surface area contributed by atoms with Gasteiger partial charge in [0.05, 0.1) is 0 Å². The van der Waals surface area contributed by atoms with Crippen LogP contribution in [-0.4, -0.2) is 25.0 Å². The van der Waals surface area contributed by atoms with Crippen LogP contribution >= 0.6 is 12.4 Å². The van der Waals surface area contributed by atoms with E-state index >= 15 is 0 Å². The van der Waals surface area contributed by atoms with E-state index in [0.717, 1.165) is 6.54 Å². The van der Waals surface area contributed by atoms with Crippen LogP contribution in [0.5, 0.6) is 0 Å². The molecule has 1 rings (SSSR count). The lowest BCUT2D eigenvalue weighted by Gasteiger charge is -2.25. The van der Waals surface area contributed by atoms with Crippen molar-refractivity contribution >= 4 is 12.4 Å². The lowest BCUT2D eigenvalue weighted by atomic mass is 10.00. The molecule has 0 spiro atoms. The van der Waals surface area contributed by atoms with Crippen LogP contribution in [0.3, 0.4) is 0 Å². The van der Waals surface area contributed by atoms with E-state index in [2.05, 4.69) is 17.9 Å². The largest absolute Gasteiger partial charge is 0.305 e. The van der Waals surface area contributed by atoms with E-state index in [4.69, 9.17) is 6.42 Å². The summed E-state index contributed by atoms with van der Waals surface area (Å²) in [7, 11) is 2.13. The average molecular weight is 160 g/mol. The molecule has 1 heterocycles. The van der Waals surface area contributed by atoms with Gasteiger partial charge in [0.2, 0.25) is 0 Å². The first-order valence-electron chi connectivity index (χ1n) is 3.47. The first kappa shape index (κ1) is 9.81. The molecule has 58 valence electrons. The number of hydrogen-bond acceptors (Lipinski definition) is 1. The molecule has 2 heteroatoms. The maximum atomic E-state index is 5.29. The molecule has 0 aromatic carbocycles. The van der Waals surface area contributed by atoms with Gasteiger partial charge < -0.3 is 4.90 Å². The normalized spacial score (nSPS) is 26.6. The molecule has 0 aromatic heterocycles. The molecule has 0 amide bonds. The second-order valence-electron chi connectivity index (χ2n) is 2.77. The standard InChI is InChI=1S/C8H13N.ClH/c1-3-8-5-4-6-9(2)7-8;/h1,8H,4-7H2,2H3;1H. The van der Waals surface area contributed by atoms with Gasteiger partial charge in [0, 0.05) is 12.5 Å². The van der Waals surface area contributed by atoms with E-state index in [1.165, 1.54) is 19.4 Å². The van der Waals surface area contributed by atoms with Crippen LogP contribution < -0.4 is 0 Å². The lowest BCUT2D eigenvalue weighted by Crippen LogP contribution is -2.31. The van der Waals surface area contributed by atoms with E-state index in [0.29, 0.717) is 5.92 Å². The van der Waals surface area contributed by atoms with Crippen molar-refractivity contribution in [3.8, 4) is 12.3 Å². The zero-order valence-corrected chi connectivity index (χ0v) is 7.16. The Morgan fingerprint density at radius 2 is 2.30 bits per heavy atom. The molecule has 1 unspecified atom stereocenters. The van der Waals surface area contributed by atoms with Gasteiger partial charge in [-0.25, -0.2) is 0 Å². The predicted octanol–water partition coefficient (Wildman–Crippen LogP) is 1.38. The van der Waals surface area contributed by atoms with Crippen molar-refractivity contribution in [1.29, 1.82) is 0 Å². The summed E-state index contributed by atoms with van der Waals surface area (Å²) in [5.41, 5.74) is 0. The molecular weight excluding hydrogens is 146 g/mol. The fraction of sp³-hybridized carbons (Fsp3) is 0.750. The maximum Gasteiger partial charge on any atom is 0.0327 e. The fourth-order valence-electron chi connectivity index (χ4n) is 1.30. The van der Waals surface area contributed by atoms with E-state index in [1.807, 2.05) is 0 Å². The summed E-state index contributed by atoms with van der Waals surface area (Å²) in [6.45, 7) is 2.31. The molecule has 0 N–H and O–H groups in total. The summed E-state index contributed by atoms with van der Waals surface area (Å²) >= 11 is 0. The van der Waals surface area contributed by atoms with Gasteiger partial charge in [-0.15, -0.1) is 24.8 Å². The first-order valence-corrected chi connectivity index (χ1v) is 3.47. The molecule has 0 radical (unpaired) electrons. The molecule has 1 aliphatic heterocycles. The Balaban J connectivity index is 0.000000810. The third kappa shape index (κ3) is 2.60. The van der Waals surface area contributed by atoms with Gasteiger partial charge in [0.25, 0.3) is 0 Å². The quantitative estimate of drug-likeness (QED) is 0.483. The van der Waals surface area contributed by atoms with Gasteiger partial charge in [-0.05, 0) is 26.4 Å². The number of terminal acetylenes is 1. The highest BCUT2D eigenvalue weighted by atomic mass is 35.5. The number of piperidine rings is 1. The third-order valence-corrected chi connectivity index (χ3v) is 1.86. The summed E-state index contributed by atoms with van der Waals surface area (Å²) in [6.07, 6.45) is 7.78. The van der Waals surface area contributed by atoms with Crippen LogP contribution in [0.4, 0.5) is 0 Å². The Labute approximate surface area is 69.2 Å². The van der Waals surface area contributed by atoms with Gasteiger partial charge >= 0.3 is 0 Å². The zero-order chi connectivity index (χ0) is 6.69. The van der Waals surface area contributed by atoms with Crippen LogP contribution in [0, 0.1) is 18.3 Å². The van der Waals surface area contributed by atoms with Crippen molar-refractivity contribution in [2.75, 3.05) is 20.1 Å². The van der Waals surface area contributed by atoms with Crippen LogP contribution in [0.2, 0.25) is 0 Å². The second-order valence-corrected chi connectivity index (χ2v) is 2.77. The Bertz CT molecular complexity index is 128. The van der Waals surface area contributed by atoms with Gasteiger partial charge in [0.1, 0.15) is 0 Å². The van der Waals surface area contributed by atoms with Gasteiger partial charge in [-0.2, -0.15) is 0 Å². The number of halogens is 1. The highest BCUT2D eigenvalue weighted by molar-refractivity contribution is 5.85. The Kier molecular flexibility index (Phi) is 4.51. The molecule has 0 aromatic rings. The molecule has 1 fully saturated rings. The molecule has 0 saturated carbocycles. The van der Waals surface area contributed by atoms with E-state index in [9.17, 15) is 0 Å². The van der Waals surface area contributed by atoms with Crippen molar-refractivity contribution in [3.63, 3.8) is 0 Å². The minimum Gasteiger partial charge on any atom is -0.305 e. The van der Waals surface area contributed by atoms with Crippen LogP contribution in [0.1, 0.15) is 12.8 Å². The van der Waals surface area contributed by atoms with Crippen LogP contribution in [-0.2, 0) is 0 Å². The SMILES string of the molecule is C#CC1CCCN(C)C1.Cl. The monoisotopic (exact) mass is 159 g/mol. The van der Waals surface area contributed by atoms with E-state index < -0.39 is 0 Å². The van der Waals surface area contributed by atoms with Gasteiger partial charge in [-0.3, -0.25) is 0 Å². The van der Waals surface area contributed by atoms with Crippen molar-refractivity contribution in [2.45, 2.75) is 12.8 Å². The van der Waals surface area contributed by atoms with E-state index in [-0.39, 0.29) is 12.4 Å². The van der Waals surface area contributed by atoms with Crippen molar-refractivity contribution in [2.24, 2.45) is 5.92 Å². The highest BCUT2D eigenvalue weighted by Crippen LogP contribution is 2.12. The van der Waals surface area contributed by atoms with E-state index in [1.54, 1.807) is 0 Å². The molecule has 1 aliphatic rings. The fourth-order valence-corrected chi connectivity index (χ4v) is 1.30. The topological polar surface area (TPSA) is 3.24 Å². The van der Waals surface area contributed by atoms with Gasteiger partial charge in [-0.1, -0.05) is 0 Å². The molecule has 10 heavy (non-hydrogen) atoms. The summed E-state index contributed by atoms with van der Waals surface area (Å²) in [6, 6.07) is 0. The number of likely N-dealkylation sites (tertiary alicyclic amines) is 1. The molecular formula is C8H14ClN. The van der Waals surface area contributed by atoms with Crippen molar-refractivity contribution in [1.82, 2.24) is 4.90 Å². The predicted molar refractivity (Wildman–Crippen MR) is 46.3 cm³/mol. The average Bonchev–Trinajstić information content (AvgIpc) is 1.88. The van der Waals surface area contributed by atoms with Crippen LogP contribution in [0.25, 0.3) is 0 Å². The third-order valence-electron chi connectivity index (χ3n) is 1.86. The Hall–Kier alpha value is -0.190. The maximum absolute atomic E-state index is 5.29. The molecule has 0 aliphatic carbocycles. The molecule has 1 saturated heterocycles. The smallest absolute Gasteiger partial charge is 0.0327 e. The van der Waals surface area contributed by atoms with Crippen molar-refractivity contribution < 1.29 is 0 Å². The summed E-state index contributed by atoms with van der Waals surface area (Å²) < 4.78 is 0. The first-order chi connectivity index (χ1) is 4.33.